The summed E-state index contributed by atoms with van der Waals surface area (Å²) in [5.74, 6) is 0.102. The number of aromatic amines is 1. The van der Waals surface area contributed by atoms with E-state index in [1.54, 1.807) is 28.7 Å². The number of aromatic nitrogens is 2. The Kier molecular flexibility index (Phi) is 4.32. The molecule has 1 aromatic heterocycles. The fourth-order valence-electron chi connectivity index (χ4n) is 1.55. The largest absolute Gasteiger partial charge is 0.430 e. The first-order valence-electron chi connectivity index (χ1n) is 5.71. The van der Waals surface area contributed by atoms with Gasteiger partial charge >= 0.3 is 5.69 Å². The Morgan fingerprint density at radius 3 is 2.90 bits per heavy atom. The second-order valence-corrected chi connectivity index (χ2v) is 4.94. The van der Waals surface area contributed by atoms with Crippen LogP contribution in [0.4, 0.5) is 5.69 Å². The number of hydrogen-bond donors (Lipinski definition) is 1. The van der Waals surface area contributed by atoms with E-state index in [1.165, 1.54) is 18.5 Å². The second kappa shape index (κ2) is 5.99. The van der Waals surface area contributed by atoms with E-state index in [0.717, 1.165) is 5.56 Å². The van der Waals surface area contributed by atoms with Crippen molar-refractivity contribution in [1.82, 2.24) is 9.97 Å². The zero-order valence-electron chi connectivity index (χ0n) is 10.4. The molecule has 0 atom stereocenters. The number of nitro groups is 1. The molecule has 0 aliphatic carbocycles. The van der Waals surface area contributed by atoms with Crippen LogP contribution in [0.2, 0.25) is 0 Å². The van der Waals surface area contributed by atoms with Gasteiger partial charge in [-0.2, -0.15) is 0 Å². The standard InChI is InChI=1S/C12H10IN3O4/c1-2-7-3-4-9(8(5-7)16(18)19)20-12-10(13)11(17)14-6-15-12/h3-6H,2H2,1H3,(H,14,15,17). The van der Waals surface area contributed by atoms with Crippen molar-refractivity contribution in [2.24, 2.45) is 0 Å². The fraction of sp³-hybridized carbons (Fsp3) is 0.167. The summed E-state index contributed by atoms with van der Waals surface area (Å²) >= 11 is 1.77. The van der Waals surface area contributed by atoms with Crippen molar-refractivity contribution in [2.45, 2.75) is 13.3 Å². The van der Waals surface area contributed by atoms with E-state index < -0.39 is 4.92 Å². The van der Waals surface area contributed by atoms with Crippen LogP contribution in [0.25, 0.3) is 0 Å². The van der Waals surface area contributed by atoms with Crippen LogP contribution in [-0.4, -0.2) is 14.9 Å². The third kappa shape index (κ3) is 2.95. The Morgan fingerprint density at radius 2 is 2.25 bits per heavy atom. The SMILES string of the molecule is CCc1ccc(Oc2nc[nH]c(=O)c2I)c([N+](=O)[O-])c1. The van der Waals surface area contributed by atoms with E-state index in [-0.39, 0.29) is 26.4 Å². The summed E-state index contributed by atoms with van der Waals surface area (Å²) in [7, 11) is 0. The summed E-state index contributed by atoms with van der Waals surface area (Å²) in [6, 6.07) is 4.70. The van der Waals surface area contributed by atoms with Crippen LogP contribution in [0.15, 0.2) is 29.3 Å². The van der Waals surface area contributed by atoms with E-state index >= 15 is 0 Å². The summed E-state index contributed by atoms with van der Waals surface area (Å²) in [4.78, 5) is 28.2. The summed E-state index contributed by atoms with van der Waals surface area (Å²) in [5.41, 5.74) is 0.322. The lowest BCUT2D eigenvalue weighted by Gasteiger charge is -2.07. The monoisotopic (exact) mass is 387 g/mol. The van der Waals surface area contributed by atoms with Crippen molar-refractivity contribution in [3.05, 3.63) is 54.1 Å². The molecular weight excluding hydrogens is 377 g/mol. The van der Waals surface area contributed by atoms with Gasteiger partial charge in [-0.05, 0) is 40.6 Å². The second-order valence-electron chi connectivity index (χ2n) is 3.87. The molecule has 0 amide bonds. The number of H-pyrrole nitrogens is 1. The van der Waals surface area contributed by atoms with Gasteiger partial charge in [-0.25, -0.2) is 4.98 Å². The molecule has 7 nitrogen and oxygen atoms in total. The van der Waals surface area contributed by atoms with Crippen molar-refractivity contribution in [3.63, 3.8) is 0 Å². The van der Waals surface area contributed by atoms with Crippen molar-refractivity contribution in [1.29, 1.82) is 0 Å². The molecule has 0 aliphatic rings. The van der Waals surface area contributed by atoms with Crippen LogP contribution in [-0.2, 0) is 6.42 Å². The summed E-state index contributed by atoms with van der Waals surface area (Å²) in [5, 5.41) is 11.1. The van der Waals surface area contributed by atoms with Crippen molar-refractivity contribution >= 4 is 28.3 Å². The van der Waals surface area contributed by atoms with E-state index in [1.807, 2.05) is 6.92 Å². The molecule has 2 rings (SSSR count). The number of aryl methyl sites for hydroxylation is 1. The van der Waals surface area contributed by atoms with Crippen LogP contribution in [0.3, 0.4) is 0 Å². The van der Waals surface area contributed by atoms with Gasteiger partial charge in [0.2, 0.25) is 11.6 Å². The van der Waals surface area contributed by atoms with Gasteiger partial charge in [0.1, 0.15) is 3.57 Å². The summed E-state index contributed by atoms with van der Waals surface area (Å²) < 4.78 is 5.64. The number of nitrogens with one attached hydrogen (secondary N) is 1. The molecule has 0 radical (unpaired) electrons. The molecule has 0 spiro atoms. The lowest BCUT2D eigenvalue weighted by atomic mass is 10.1. The first kappa shape index (κ1) is 14.4. The zero-order chi connectivity index (χ0) is 14.7. The van der Waals surface area contributed by atoms with Crippen LogP contribution in [0.1, 0.15) is 12.5 Å². The molecule has 0 saturated heterocycles. The van der Waals surface area contributed by atoms with Gasteiger partial charge in [0.25, 0.3) is 5.56 Å². The number of nitrogens with zero attached hydrogens (tertiary/aromatic N) is 2. The quantitative estimate of drug-likeness (QED) is 0.494. The summed E-state index contributed by atoms with van der Waals surface area (Å²) in [6.07, 6.45) is 1.87. The molecule has 1 heterocycles. The van der Waals surface area contributed by atoms with Crippen LogP contribution in [0.5, 0.6) is 11.6 Å². The number of ether oxygens (including phenoxy) is 1. The molecule has 0 aliphatic heterocycles. The Morgan fingerprint density at radius 1 is 1.50 bits per heavy atom. The van der Waals surface area contributed by atoms with Gasteiger partial charge in [0, 0.05) is 6.07 Å². The maximum absolute atomic E-state index is 11.4. The number of rotatable bonds is 4. The topological polar surface area (TPSA) is 98.1 Å². The minimum absolute atomic E-state index is 0.0432. The third-order valence-electron chi connectivity index (χ3n) is 2.60. The normalized spacial score (nSPS) is 10.3. The van der Waals surface area contributed by atoms with Gasteiger partial charge in [-0.15, -0.1) is 0 Å². The highest BCUT2D eigenvalue weighted by Crippen LogP contribution is 2.32. The molecule has 8 heteroatoms. The first-order valence-corrected chi connectivity index (χ1v) is 6.79. The molecule has 0 unspecified atom stereocenters. The smallest absolute Gasteiger partial charge is 0.311 e. The predicted molar refractivity (Wildman–Crippen MR) is 80.1 cm³/mol. The first-order chi connectivity index (χ1) is 9.52. The Hall–Kier alpha value is -1.97. The van der Waals surface area contributed by atoms with Crippen molar-refractivity contribution < 1.29 is 9.66 Å². The highest BCUT2D eigenvalue weighted by Gasteiger charge is 2.18. The van der Waals surface area contributed by atoms with Crippen LogP contribution in [0, 0.1) is 13.7 Å². The van der Waals surface area contributed by atoms with Gasteiger partial charge in [-0.1, -0.05) is 13.0 Å². The Bertz CT molecular complexity index is 714. The highest BCUT2D eigenvalue weighted by atomic mass is 127. The molecule has 2 aromatic rings. The summed E-state index contributed by atoms with van der Waals surface area (Å²) in [6.45, 7) is 1.90. The Labute approximate surface area is 127 Å². The van der Waals surface area contributed by atoms with E-state index in [2.05, 4.69) is 9.97 Å². The number of benzene rings is 1. The van der Waals surface area contributed by atoms with Gasteiger partial charge in [0.05, 0.1) is 11.3 Å². The maximum atomic E-state index is 11.4. The van der Waals surface area contributed by atoms with Crippen LogP contribution >= 0.6 is 22.6 Å². The van der Waals surface area contributed by atoms with E-state index in [9.17, 15) is 14.9 Å². The van der Waals surface area contributed by atoms with E-state index in [0.29, 0.717) is 6.42 Å². The minimum atomic E-state index is -0.519. The third-order valence-corrected chi connectivity index (χ3v) is 3.55. The van der Waals surface area contributed by atoms with Crippen LogP contribution < -0.4 is 10.3 Å². The maximum Gasteiger partial charge on any atom is 0.311 e. The lowest BCUT2D eigenvalue weighted by molar-refractivity contribution is -0.385. The fourth-order valence-corrected chi connectivity index (χ4v) is 1.96. The molecule has 0 fully saturated rings. The number of halogens is 1. The van der Waals surface area contributed by atoms with Crippen molar-refractivity contribution in [2.75, 3.05) is 0 Å². The minimum Gasteiger partial charge on any atom is -0.430 e. The predicted octanol–water partition coefficient (Wildman–Crippen LogP) is 2.64. The molecule has 1 aromatic carbocycles. The van der Waals surface area contributed by atoms with Gasteiger partial charge in [-0.3, -0.25) is 14.9 Å². The lowest BCUT2D eigenvalue weighted by Crippen LogP contribution is -2.11. The van der Waals surface area contributed by atoms with Gasteiger partial charge < -0.3 is 9.72 Å². The molecule has 0 bridgehead atoms. The van der Waals surface area contributed by atoms with E-state index in [4.69, 9.17) is 4.74 Å². The zero-order valence-corrected chi connectivity index (χ0v) is 12.6. The molecule has 20 heavy (non-hydrogen) atoms. The van der Waals surface area contributed by atoms with Gasteiger partial charge in [0.15, 0.2) is 0 Å². The molecule has 104 valence electrons. The Balaban J connectivity index is 2.45. The number of hydrogen-bond acceptors (Lipinski definition) is 5. The highest BCUT2D eigenvalue weighted by molar-refractivity contribution is 14.1. The molecular formula is C12H10IN3O4. The molecule has 0 saturated carbocycles. The number of nitro benzene ring substituents is 1. The van der Waals surface area contributed by atoms with Crippen molar-refractivity contribution in [3.8, 4) is 11.6 Å². The average Bonchev–Trinajstić information content (AvgIpc) is 2.44. The average molecular weight is 387 g/mol. The molecule has 1 N–H and O–H groups in total.